The fraction of sp³-hybridized carbons (Fsp3) is 0.269. The summed E-state index contributed by atoms with van der Waals surface area (Å²) < 4.78 is 0. The number of likely N-dealkylation sites (tertiary alicyclic amines) is 1. The molecule has 1 fully saturated rings. The van der Waals surface area contributed by atoms with Gasteiger partial charge in [-0.15, -0.1) is 11.3 Å². The van der Waals surface area contributed by atoms with E-state index in [4.69, 9.17) is 4.98 Å². The molecule has 7 heteroatoms. The largest absolute Gasteiger partial charge is 0.367 e. The summed E-state index contributed by atoms with van der Waals surface area (Å²) in [5, 5.41) is 9.18. The Bertz CT molecular complexity index is 1130. The molecule has 1 aliphatic heterocycles. The second-order valence-corrected chi connectivity index (χ2v) is 9.27. The number of pyridine rings is 1. The van der Waals surface area contributed by atoms with Crippen LogP contribution in [0.5, 0.6) is 0 Å². The highest BCUT2D eigenvalue weighted by Gasteiger charge is 2.21. The van der Waals surface area contributed by atoms with E-state index in [1.807, 2.05) is 18.3 Å². The molecule has 1 aliphatic rings. The lowest BCUT2D eigenvalue weighted by atomic mass is 10.0. The standard InChI is InChI=1S/C26H28N6S/c1-2-5-21(6-3-1)19-32-14-10-22(11-15-32)30-25-23(24-7-4-16-33-24)18-29-26(31-25)28-17-20-8-12-27-13-9-20/h1-9,12-13,16,18,22H,10-11,14-15,17,19H2,(H2,28,29,30,31). The summed E-state index contributed by atoms with van der Waals surface area (Å²) >= 11 is 1.71. The van der Waals surface area contributed by atoms with Crippen molar-refractivity contribution in [2.24, 2.45) is 0 Å². The fourth-order valence-corrected chi connectivity index (χ4v) is 4.88. The van der Waals surface area contributed by atoms with Crippen molar-refractivity contribution in [3.63, 3.8) is 0 Å². The Hall–Kier alpha value is -3.29. The van der Waals surface area contributed by atoms with Crippen molar-refractivity contribution in [2.45, 2.75) is 32.0 Å². The molecule has 1 aromatic carbocycles. The third kappa shape index (κ3) is 5.74. The summed E-state index contributed by atoms with van der Waals surface area (Å²) in [4.78, 5) is 17.2. The van der Waals surface area contributed by atoms with Crippen LogP contribution in [-0.4, -0.2) is 39.0 Å². The summed E-state index contributed by atoms with van der Waals surface area (Å²) in [6.45, 7) is 3.85. The van der Waals surface area contributed by atoms with Gasteiger partial charge in [0.05, 0.1) is 5.56 Å². The first-order valence-electron chi connectivity index (χ1n) is 11.4. The minimum atomic E-state index is 0.402. The van der Waals surface area contributed by atoms with Crippen molar-refractivity contribution >= 4 is 23.1 Å². The lowest BCUT2D eigenvalue weighted by Gasteiger charge is -2.33. The molecule has 1 saturated heterocycles. The summed E-state index contributed by atoms with van der Waals surface area (Å²) in [7, 11) is 0. The van der Waals surface area contributed by atoms with E-state index in [0.717, 1.165) is 49.4 Å². The van der Waals surface area contributed by atoms with Crippen LogP contribution in [0.1, 0.15) is 24.0 Å². The normalized spacial score (nSPS) is 14.8. The first-order valence-corrected chi connectivity index (χ1v) is 12.3. The first-order chi connectivity index (χ1) is 16.3. The lowest BCUT2D eigenvalue weighted by molar-refractivity contribution is 0.211. The third-order valence-electron chi connectivity index (χ3n) is 5.95. The van der Waals surface area contributed by atoms with Crippen LogP contribution in [-0.2, 0) is 13.1 Å². The molecule has 4 heterocycles. The van der Waals surface area contributed by atoms with E-state index in [0.29, 0.717) is 18.5 Å². The average Bonchev–Trinajstić information content (AvgIpc) is 3.40. The monoisotopic (exact) mass is 456 g/mol. The van der Waals surface area contributed by atoms with Crippen molar-refractivity contribution < 1.29 is 0 Å². The van der Waals surface area contributed by atoms with E-state index in [1.165, 1.54) is 10.4 Å². The highest BCUT2D eigenvalue weighted by molar-refractivity contribution is 7.13. The van der Waals surface area contributed by atoms with Gasteiger partial charge in [0.15, 0.2) is 0 Å². The minimum absolute atomic E-state index is 0.402. The SMILES string of the molecule is c1ccc(CN2CCC(Nc3nc(NCc4ccncc4)ncc3-c3cccs3)CC2)cc1. The molecule has 168 valence electrons. The van der Waals surface area contributed by atoms with Gasteiger partial charge in [-0.25, -0.2) is 4.98 Å². The van der Waals surface area contributed by atoms with Crippen LogP contribution in [0.15, 0.2) is 78.6 Å². The maximum atomic E-state index is 4.87. The highest BCUT2D eigenvalue weighted by Crippen LogP contribution is 2.32. The Kier molecular flexibility index (Phi) is 6.89. The van der Waals surface area contributed by atoms with Crippen LogP contribution >= 0.6 is 11.3 Å². The Morgan fingerprint density at radius 2 is 1.76 bits per heavy atom. The molecule has 0 spiro atoms. The van der Waals surface area contributed by atoms with Gasteiger partial charge < -0.3 is 10.6 Å². The zero-order valence-electron chi connectivity index (χ0n) is 18.5. The predicted octanol–water partition coefficient (Wildman–Crippen LogP) is 5.29. The van der Waals surface area contributed by atoms with Gasteiger partial charge in [0, 0.05) is 55.7 Å². The van der Waals surface area contributed by atoms with Crippen LogP contribution in [0.25, 0.3) is 10.4 Å². The molecule has 4 aromatic rings. The molecule has 3 aromatic heterocycles. The molecule has 2 N–H and O–H groups in total. The Morgan fingerprint density at radius 1 is 0.939 bits per heavy atom. The smallest absolute Gasteiger partial charge is 0.224 e. The number of rotatable bonds is 8. The Balaban J connectivity index is 1.26. The molecule has 0 saturated carbocycles. The number of thiophene rings is 1. The van der Waals surface area contributed by atoms with E-state index < -0.39 is 0 Å². The van der Waals surface area contributed by atoms with E-state index >= 15 is 0 Å². The van der Waals surface area contributed by atoms with Crippen LogP contribution in [0.4, 0.5) is 11.8 Å². The number of piperidine rings is 1. The van der Waals surface area contributed by atoms with Crippen LogP contribution in [0, 0.1) is 0 Å². The van der Waals surface area contributed by atoms with E-state index in [-0.39, 0.29) is 0 Å². The number of anilines is 2. The average molecular weight is 457 g/mol. The second kappa shape index (κ2) is 10.6. The number of nitrogens with zero attached hydrogens (tertiary/aromatic N) is 4. The molecular weight excluding hydrogens is 428 g/mol. The molecule has 33 heavy (non-hydrogen) atoms. The van der Waals surface area contributed by atoms with Crippen LogP contribution in [0.2, 0.25) is 0 Å². The minimum Gasteiger partial charge on any atom is -0.367 e. The van der Waals surface area contributed by atoms with E-state index in [1.54, 1.807) is 23.7 Å². The van der Waals surface area contributed by atoms with Gasteiger partial charge >= 0.3 is 0 Å². The van der Waals surface area contributed by atoms with Crippen LogP contribution in [0.3, 0.4) is 0 Å². The Morgan fingerprint density at radius 3 is 2.52 bits per heavy atom. The van der Waals surface area contributed by atoms with Crippen molar-refractivity contribution in [1.29, 1.82) is 0 Å². The van der Waals surface area contributed by atoms with Crippen molar-refractivity contribution in [1.82, 2.24) is 19.9 Å². The first kappa shape index (κ1) is 21.6. The topological polar surface area (TPSA) is 66.0 Å². The summed E-state index contributed by atoms with van der Waals surface area (Å²) in [6.07, 6.45) is 7.73. The maximum absolute atomic E-state index is 4.87. The van der Waals surface area contributed by atoms with Gasteiger partial charge in [-0.2, -0.15) is 4.98 Å². The van der Waals surface area contributed by atoms with Gasteiger partial charge in [0.1, 0.15) is 5.82 Å². The zero-order chi connectivity index (χ0) is 22.3. The number of nitrogens with one attached hydrogen (secondary N) is 2. The van der Waals surface area contributed by atoms with Gasteiger partial charge in [0.25, 0.3) is 0 Å². The van der Waals surface area contributed by atoms with Crippen molar-refractivity contribution in [3.8, 4) is 10.4 Å². The van der Waals surface area contributed by atoms with E-state index in [9.17, 15) is 0 Å². The van der Waals surface area contributed by atoms with Gasteiger partial charge in [-0.1, -0.05) is 36.4 Å². The zero-order valence-corrected chi connectivity index (χ0v) is 19.3. The van der Waals surface area contributed by atoms with Crippen molar-refractivity contribution in [2.75, 3.05) is 23.7 Å². The summed E-state index contributed by atoms with van der Waals surface area (Å²) in [5.41, 5.74) is 3.59. The summed E-state index contributed by atoms with van der Waals surface area (Å²) in [6, 6.07) is 19.3. The molecule has 6 nitrogen and oxygen atoms in total. The maximum Gasteiger partial charge on any atom is 0.224 e. The van der Waals surface area contributed by atoms with Crippen molar-refractivity contribution in [3.05, 3.63) is 89.7 Å². The third-order valence-corrected chi connectivity index (χ3v) is 6.86. The molecule has 0 amide bonds. The number of hydrogen-bond donors (Lipinski definition) is 2. The molecular formula is C26H28N6S. The molecule has 0 radical (unpaired) electrons. The second-order valence-electron chi connectivity index (χ2n) is 8.32. The molecule has 0 aliphatic carbocycles. The highest BCUT2D eigenvalue weighted by atomic mass is 32.1. The van der Waals surface area contributed by atoms with E-state index in [2.05, 4.69) is 73.3 Å². The Labute approximate surface area is 198 Å². The van der Waals surface area contributed by atoms with Gasteiger partial charge in [-0.3, -0.25) is 9.88 Å². The molecule has 0 unspecified atom stereocenters. The van der Waals surface area contributed by atoms with Gasteiger partial charge in [-0.05, 0) is 47.5 Å². The van der Waals surface area contributed by atoms with Crippen LogP contribution < -0.4 is 10.6 Å². The predicted molar refractivity (Wildman–Crippen MR) is 135 cm³/mol. The van der Waals surface area contributed by atoms with Gasteiger partial charge in [0.2, 0.25) is 5.95 Å². The number of aromatic nitrogens is 3. The fourth-order valence-electron chi connectivity index (χ4n) is 4.14. The summed E-state index contributed by atoms with van der Waals surface area (Å²) in [5.74, 6) is 1.54. The number of benzene rings is 1. The number of hydrogen-bond acceptors (Lipinski definition) is 7. The molecule has 5 rings (SSSR count). The quantitative estimate of drug-likeness (QED) is 0.376. The molecule has 0 atom stereocenters. The lowest BCUT2D eigenvalue weighted by Crippen LogP contribution is -2.38. The molecule has 0 bridgehead atoms.